The number of nitrogens with zero attached hydrogens (tertiary/aromatic N) is 2. The molecule has 1 heterocycles. The van der Waals surface area contributed by atoms with Gasteiger partial charge in [0.2, 0.25) is 0 Å². The fourth-order valence-electron chi connectivity index (χ4n) is 1.38. The van der Waals surface area contributed by atoms with Crippen molar-refractivity contribution in [2.45, 2.75) is 39.7 Å². The van der Waals surface area contributed by atoms with Gasteiger partial charge in [0, 0.05) is 17.7 Å². The lowest BCUT2D eigenvalue weighted by Gasteiger charge is -2.27. The second kappa shape index (κ2) is 4.97. The number of aliphatic hydroxyl groups excluding tert-OH is 1. The van der Waals surface area contributed by atoms with E-state index >= 15 is 0 Å². The van der Waals surface area contributed by atoms with Crippen LogP contribution in [-0.2, 0) is 0 Å². The number of anilines is 1. The zero-order valence-electron chi connectivity index (χ0n) is 10.1. The summed E-state index contributed by atoms with van der Waals surface area (Å²) in [5.74, 6) is 1.37. The number of aliphatic hydroxyl groups is 1. The summed E-state index contributed by atoms with van der Waals surface area (Å²) in [6, 6.07) is 0. The molecule has 0 aromatic carbocycles. The van der Waals surface area contributed by atoms with E-state index in [2.05, 4.69) is 15.3 Å². The SMILES string of the molecule is Cc1nc(Cl)c(C)c(NC(C)(C)CCO)n1. The van der Waals surface area contributed by atoms with Crippen molar-refractivity contribution in [1.29, 1.82) is 0 Å². The van der Waals surface area contributed by atoms with Crippen LogP contribution < -0.4 is 5.32 Å². The Morgan fingerprint density at radius 2 is 1.94 bits per heavy atom. The summed E-state index contributed by atoms with van der Waals surface area (Å²) >= 11 is 5.98. The molecule has 16 heavy (non-hydrogen) atoms. The average Bonchev–Trinajstić information content (AvgIpc) is 2.12. The van der Waals surface area contributed by atoms with E-state index in [0.29, 0.717) is 17.4 Å². The maximum Gasteiger partial charge on any atom is 0.137 e. The van der Waals surface area contributed by atoms with Crippen LogP contribution in [0.2, 0.25) is 5.15 Å². The van der Waals surface area contributed by atoms with Crippen LogP contribution in [0, 0.1) is 13.8 Å². The Morgan fingerprint density at radius 1 is 1.31 bits per heavy atom. The molecule has 0 radical (unpaired) electrons. The van der Waals surface area contributed by atoms with Crippen molar-refractivity contribution >= 4 is 17.4 Å². The monoisotopic (exact) mass is 243 g/mol. The second-order valence-electron chi connectivity index (χ2n) is 4.52. The van der Waals surface area contributed by atoms with Crippen molar-refractivity contribution in [3.63, 3.8) is 0 Å². The van der Waals surface area contributed by atoms with Crippen LogP contribution in [0.15, 0.2) is 0 Å². The Kier molecular flexibility index (Phi) is 4.10. The average molecular weight is 244 g/mol. The van der Waals surface area contributed by atoms with E-state index < -0.39 is 0 Å². The molecule has 2 N–H and O–H groups in total. The standard InChI is InChI=1S/C11H18ClN3O/c1-7-9(12)13-8(2)14-10(7)15-11(3,4)5-6-16/h16H,5-6H2,1-4H3,(H,13,14,15). The van der Waals surface area contributed by atoms with E-state index in [-0.39, 0.29) is 12.1 Å². The predicted molar refractivity (Wildman–Crippen MR) is 65.9 cm³/mol. The molecule has 1 aromatic rings. The highest BCUT2D eigenvalue weighted by Crippen LogP contribution is 2.23. The summed E-state index contributed by atoms with van der Waals surface area (Å²) in [6.07, 6.45) is 0.646. The van der Waals surface area contributed by atoms with Gasteiger partial charge in [0.1, 0.15) is 16.8 Å². The number of hydrogen-bond donors (Lipinski definition) is 2. The Morgan fingerprint density at radius 3 is 2.50 bits per heavy atom. The van der Waals surface area contributed by atoms with Crippen molar-refractivity contribution in [1.82, 2.24) is 9.97 Å². The minimum absolute atomic E-state index is 0.136. The topological polar surface area (TPSA) is 58.0 Å². The number of rotatable bonds is 4. The molecule has 1 aromatic heterocycles. The van der Waals surface area contributed by atoms with Crippen molar-refractivity contribution < 1.29 is 5.11 Å². The molecule has 1 rings (SSSR count). The van der Waals surface area contributed by atoms with E-state index in [1.807, 2.05) is 20.8 Å². The quantitative estimate of drug-likeness (QED) is 0.797. The Hall–Kier alpha value is -0.870. The van der Waals surface area contributed by atoms with Gasteiger partial charge in [0.05, 0.1) is 0 Å². The van der Waals surface area contributed by atoms with Gasteiger partial charge >= 0.3 is 0 Å². The fourth-order valence-corrected chi connectivity index (χ4v) is 1.59. The van der Waals surface area contributed by atoms with Crippen molar-refractivity contribution in [2.75, 3.05) is 11.9 Å². The molecule has 0 aliphatic carbocycles. The van der Waals surface area contributed by atoms with Crippen LogP contribution in [0.3, 0.4) is 0 Å². The summed E-state index contributed by atoms with van der Waals surface area (Å²) in [7, 11) is 0. The van der Waals surface area contributed by atoms with Crippen molar-refractivity contribution in [2.24, 2.45) is 0 Å². The first kappa shape index (κ1) is 13.2. The van der Waals surface area contributed by atoms with Crippen molar-refractivity contribution in [3.05, 3.63) is 16.5 Å². The number of aromatic nitrogens is 2. The molecule has 0 bridgehead atoms. The second-order valence-corrected chi connectivity index (χ2v) is 4.88. The molecule has 0 fully saturated rings. The van der Waals surface area contributed by atoms with Crippen LogP contribution in [0.25, 0.3) is 0 Å². The third-order valence-corrected chi connectivity index (χ3v) is 2.76. The van der Waals surface area contributed by atoms with Crippen LogP contribution in [0.4, 0.5) is 5.82 Å². The molecule has 0 saturated carbocycles. The van der Waals surface area contributed by atoms with Crippen molar-refractivity contribution in [3.8, 4) is 0 Å². The zero-order valence-corrected chi connectivity index (χ0v) is 10.9. The van der Waals surface area contributed by atoms with Gasteiger partial charge in [0.15, 0.2) is 0 Å². The van der Waals surface area contributed by atoms with Gasteiger partial charge in [-0.25, -0.2) is 9.97 Å². The molecule has 0 amide bonds. The lowest BCUT2D eigenvalue weighted by atomic mass is 10.0. The number of halogens is 1. The lowest BCUT2D eigenvalue weighted by molar-refractivity contribution is 0.260. The Labute approximate surface area is 101 Å². The fraction of sp³-hybridized carbons (Fsp3) is 0.636. The highest BCUT2D eigenvalue weighted by atomic mass is 35.5. The predicted octanol–water partition coefficient (Wildman–Crippen LogP) is 2.32. The van der Waals surface area contributed by atoms with Gasteiger partial charge in [-0.3, -0.25) is 0 Å². The first-order valence-corrected chi connectivity index (χ1v) is 5.63. The van der Waals surface area contributed by atoms with Gasteiger partial charge in [0.25, 0.3) is 0 Å². The highest BCUT2D eigenvalue weighted by Gasteiger charge is 2.19. The van der Waals surface area contributed by atoms with Gasteiger partial charge in [-0.1, -0.05) is 11.6 Å². The molecule has 0 saturated heterocycles. The van der Waals surface area contributed by atoms with E-state index in [9.17, 15) is 0 Å². The van der Waals surface area contributed by atoms with Gasteiger partial charge in [-0.05, 0) is 34.1 Å². The molecular weight excluding hydrogens is 226 g/mol. The summed E-state index contributed by atoms with van der Waals surface area (Å²) in [6.45, 7) is 7.83. The minimum Gasteiger partial charge on any atom is -0.396 e. The van der Waals surface area contributed by atoms with E-state index in [1.54, 1.807) is 6.92 Å². The van der Waals surface area contributed by atoms with E-state index in [1.165, 1.54) is 0 Å². The molecule has 0 aliphatic rings. The van der Waals surface area contributed by atoms with E-state index in [0.717, 1.165) is 11.4 Å². The van der Waals surface area contributed by atoms with Crippen LogP contribution in [0.5, 0.6) is 0 Å². The molecule has 90 valence electrons. The normalized spacial score (nSPS) is 11.6. The first-order chi connectivity index (χ1) is 7.35. The van der Waals surface area contributed by atoms with Crippen LogP contribution >= 0.6 is 11.6 Å². The molecule has 0 aliphatic heterocycles. The molecule has 5 heteroatoms. The summed E-state index contributed by atoms with van der Waals surface area (Å²) in [4.78, 5) is 8.39. The van der Waals surface area contributed by atoms with Gasteiger partial charge < -0.3 is 10.4 Å². The molecule has 0 unspecified atom stereocenters. The zero-order chi connectivity index (χ0) is 12.3. The Bertz CT molecular complexity index is 380. The number of hydrogen-bond acceptors (Lipinski definition) is 4. The summed E-state index contributed by atoms with van der Waals surface area (Å²) in [5, 5.41) is 12.7. The molecule has 4 nitrogen and oxygen atoms in total. The Balaban J connectivity index is 2.97. The third-order valence-electron chi connectivity index (χ3n) is 2.39. The lowest BCUT2D eigenvalue weighted by Crippen LogP contribution is -2.33. The van der Waals surface area contributed by atoms with E-state index in [4.69, 9.17) is 16.7 Å². The summed E-state index contributed by atoms with van der Waals surface area (Å²) < 4.78 is 0. The van der Waals surface area contributed by atoms with Crippen LogP contribution in [0.1, 0.15) is 31.7 Å². The maximum absolute atomic E-state index is 8.96. The molecule has 0 spiro atoms. The summed E-state index contributed by atoms with van der Waals surface area (Å²) in [5.41, 5.74) is 0.613. The largest absolute Gasteiger partial charge is 0.396 e. The number of aryl methyl sites for hydroxylation is 1. The molecule has 0 atom stereocenters. The maximum atomic E-state index is 8.96. The van der Waals surface area contributed by atoms with Crippen LogP contribution in [-0.4, -0.2) is 27.2 Å². The van der Waals surface area contributed by atoms with Gasteiger partial charge in [-0.15, -0.1) is 0 Å². The minimum atomic E-state index is -0.219. The highest BCUT2D eigenvalue weighted by molar-refractivity contribution is 6.30. The molecular formula is C11H18ClN3O. The third kappa shape index (κ3) is 3.32. The first-order valence-electron chi connectivity index (χ1n) is 5.25. The van der Waals surface area contributed by atoms with Gasteiger partial charge in [-0.2, -0.15) is 0 Å². The number of nitrogens with one attached hydrogen (secondary N) is 1. The smallest absolute Gasteiger partial charge is 0.137 e.